The van der Waals surface area contributed by atoms with E-state index in [1.54, 1.807) is 0 Å². The maximum absolute atomic E-state index is 13.5. The lowest BCUT2D eigenvalue weighted by atomic mass is 9.86. The van der Waals surface area contributed by atoms with Crippen LogP contribution < -0.4 is 16.0 Å². The van der Waals surface area contributed by atoms with Crippen LogP contribution in [-0.2, 0) is 22.4 Å². The number of H-pyrrole nitrogens is 3. The zero-order valence-electron chi connectivity index (χ0n) is 25.1. The van der Waals surface area contributed by atoms with E-state index in [0.29, 0.717) is 19.3 Å². The van der Waals surface area contributed by atoms with Crippen LogP contribution in [0.15, 0.2) is 11.4 Å². The van der Waals surface area contributed by atoms with E-state index >= 15 is 0 Å². The number of methoxy groups -OCH3 is 1. The van der Waals surface area contributed by atoms with Crippen molar-refractivity contribution in [1.29, 1.82) is 0 Å². The Labute approximate surface area is 240 Å². The molecule has 0 amide bonds. The van der Waals surface area contributed by atoms with Crippen LogP contribution >= 0.6 is 0 Å². The summed E-state index contributed by atoms with van der Waals surface area (Å²) >= 11 is 0. The lowest BCUT2D eigenvalue weighted by Gasteiger charge is -2.17. The normalized spacial score (nSPS) is 23.9. The smallest absolute Gasteiger partial charge is 0.305 e. The summed E-state index contributed by atoms with van der Waals surface area (Å²) in [5.74, 6) is 0.126. The van der Waals surface area contributed by atoms with E-state index in [0.717, 1.165) is 74.4 Å². The van der Waals surface area contributed by atoms with Gasteiger partial charge in [-0.05, 0) is 86.1 Å². The van der Waals surface area contributed by atoms with Gasteiger partial charge in [0.1, 0.15) is 0 Å². The number of hydrogen-bond donors (Lipinski definition) is 4. The average molecular weight is 553 g/mol. The molecule has 1 aliphatic carbocycles. The minimum Gasteiger partial charge on any atom is -0.469 e. The lowest BCUT2D eigenvalue weighted by molar-refractivity contribution is -0.140. The first-order chi connectivity index (χ1) is 19.7. The average Bonchev–Trinajstić information content (AvgIpc) is 3.70. The number of fused-ring (bicyclic) bond motifs is 7. The molecule has 0 aromatic carbocycles. The van der Waals surface area contributed by atoms with E-state index in [9.17, 15) is 9.59 Å². The molecule has 7 heteroatoms. The highest BCUT2D eigenvalue weighted by atomic mass is 16.5. The third-order valence-corrected chi connectivity index (χ3v) is 9.65. The van der Waals surface area contributed by atoms with E-state index in [-0.39, 0.29) is 23.6 Å². The van der Waals surface area contributed by atoms with Crippen molar-refractivity contribution in [3.63, 3.8) is 0 Å². The number of carbonyl (C=O) groups excluding carboxylic acids is 2. The molecule has 3 aromatic rings. The van der Waals surface area contributed by atoms with Crippen LogP contribution in [0.25, 0.3) is 23.8 Å². The summed E-state index contributed by atoms with van der Waals surface area (Å²) in [4.78, 5) is 36.7. The molecule has 214 valence electrons. The molecule has 6 rings (SSSR count). The van der Waals surface area contributed by atoms with Crippen molar-refractivity contribution in [2.45, 2.75) is 73.6 Å². The van der Waals surface area contributed by atoms with Gasteiger partial charge in [0, 0.05) is 75.0 Å². The van der Waals surface area contributed by atoms with Crippen molar-refractivity contribution in [3.8, 4) is 0 Å². The molecule has 3 aromatic heterocycles. The highest BCUT2D eigenvalue weighted by Crippen LogP contribution is 2.45. The first kappa shape index (κ1) is 27.2. The van der Waals surface area contributed by atoms with Crippen LogP contribution in [0.1, 0.15) is 101 Å². The van der Waals surface area contributed by atoms with Gasteiger partial charge in [-0.25, -0.2) is 0 Å². The van der Waals surface area contributed by atoms with Crippen LogP contribution in [0.4, 0.5) is 0 Å². The van der Waals surface area contributed by atoms with Crippen LogP contribution in [0, 0.1) is 32.6 Å². The Bertz CT molecular complexity index is 1790. The number of allylic oxidation sites excluding steroid dienone is 3. The molecule has 7 nitrogen and oxygen atoms in total. The molecule has 41 heavy (non-hydrogen) atoms. The second-order valence-electron chi connectivity index (χ2n) is 11.7. The van der Waals surface area contributed by atoms with Crippen molar-refractivity contribution in [2.24, 2.45) is 11.8 Å². The fraction of sp³-hybridized carbons (Fsp3) is 0.412. The summed E-state index contributed by atoms with van der Waals surface area (Å²) in [5.41, 5.74) is 14.1. The monoisotopic (exact) mass is 552 g/mol. The Hall–Kier alpha value is -4.00. The standard InChI is InChI=1S/C34H40N4O3/c1-8-20-16(3)24-13-26-18(5)22(10-11-31(40)41-7)33(37-26)23-12-30(39)32-19(6)27(38-34(23)32)15-29-21(9-2)17(4)25(36-29)14-28(20)35-24/h13-15,18,22,35-38H,8-12H2,1-7H3/b25-14-,26-13-,29-15-,33-23-/t18-,22-/m0/s1. The first-order valence-corrected chi connectivity index (χ1v) is 14.8. The molecule has 1 fully saturated rings. The minimum atomic E-state index is -0.215. The van der Waals surface area contributed by atoms with Gasteiger partial charge in [0.05, 0.1) is 12.8 Å². The largest absolute Gasteiger partial charge is 0.469 e. The van der Waals surface area contributed by atoms with Crippen molar-refractivity contribution in [2.75, 3.05) is 7.11 Å². The molecule has 5 heterocycles. The third kappa shape index (κ3) is 4.25. The van der Waals surface area contributed by atoms with Gasteiger partial charge in [-0.1, -0.05) is 20.8 Å². The molecule has 4 N–H and O–H groups in total. The number of rotatable bonds is 5. The number of aromatic amines is 3. The zero-order chi connectivity index (χ0) is 29.2. The predicted molar refractivity (Wildman–Crippen MR) is 163 cm³/mol. The van der Waals surface area contributed by atoms with Gasteiger partial charge in [-0.2, -0.15) is 0 Å². The summed E-state index contributed by atoms with van der Waals surface area (Å²) in [5, 5.41) is 5.92. The van der Waals surface area contributed by atoms with Gasteiger partial charge in [0.2, 0.25) is 0 Å². The highest BCUT2D eigenvalue weighted by molar-refractivity contribution is 6.13. The molecule has 0 saturated carbocycles. The first-order valence-electron chi connectivity index (χ1n) is 14.8. The fourth-order valence-corrected chi connectivity index (χ4v) is 7.21. The number of nitrogens with one attached hydrogen (secondary N) is 4. The SMILES string of the molecule is CCc1c2[nH]c(c1C)/C=C1\N/C(=C3/CC(=O)c4c3[nH]c(c4C)/C=c3\[nH]/c(c(C)c3CC)=C\2)[C@@H](CCC(=O)OC)[C@@H]1C. The Morgan fingerprint density at radius 2 is 1.61 bits per heavy atom. The minimum absolute atomic E-state index is 0.0626. The molecule has 8 bridgehead atoms. The molecule has 2 aliphatic heterocycles. The van der Waals surface area contributed by atoms with E-state index < -0.39 is 0 Å². The predicted octanol–water partition coefficient (Wildman–Crippen LogP) is 4.84. The summed E-state index contributed by atoms with van der Waals surface area (Å²) < 4.78 is 4.98. The molecular weight excluding hydrogens is 512 g/mol. The van der Waals surface area contributed by atoms with Gasteiger partial charge < -0.3 is 25.0 Å². The summed E-state index contributed by atoms with van der Waals surface area (Å²) in [6, 6.07) is 0. The van der Waals surface area contributed by atoms with Crippen molar-refractivity contribution < 1.29 is 14.3 Å². The molecule has 0 radical (unpaired) electrons. The van der Waals surface area contributed by atoms with Gasteiger partial charge in [-0.3, -0.25) is 9.59 Å². The Morgan fingerprint density at radius 1 is 0.902 bits per heavy atom. The number of aromatic nitrogens is 3. The maximum atomic E-state index is 13.5. The van der Waals surface area contributed by atoms with E-state index in [4.69, 9.17) is 4.74 Å². The Balaban J connectivity index is 1.66. The van der Waals surface area contributed by atoms with Crippen molar-refractivity contribution >= 4 is 35.6 Å². The van der Waals surface area contributed by atoms with E-state index in [2.05, 4.69) is 73.1 Å². The summed E-state index contributed by atoms with van der Waals surface area (Å²) in [6.45, 7) is 13.0. The number of ether oxygens (including phenoxy) is 1. The van der Waals surface area contributed by atoms with E-state index in [1.807, 2.05) is 6.92 Å². The number of carbonyl (C=O) groups is 2. The second-order valence-corrected chi connectivity index (χ2v) is 11.7. The third-order valence-electron chi connectivity index (χ3n) is 9.65. The molecule has 1 saturated heterocycles. The van der Waals surface area contributed by atoms with Gasteiger partial charge >= 0.3 is 5.97 Å². The molecule has 0 unspecified atom stereocenters. The van der Waals surface area contributed by atoms with Gasteiger partial charge in [0.25, 0.3) is 0 Å². The zero-order valence-corrected chi connectivity index (χ0v) is 25.1. The Morgan fingerprint density at radius 3 is 2.32 bits per heavy atom. The topological polar surface area (TPSA) is 103 Å². The van der Waals surface area contributed by atoms with Crippen LogP contribution in [0.2, 0.25) is 0 Å². The maximum Gasteiger partial charge on any atom is 0.305 e. The molecule has 2 atom stereocenters. The summed E-state index contributed by atoms with van der Waals surface area (Å²) in [7, 11) is 1.43. The highest BCUT2D eigenvalue weighted by Gasteiger charge is 2.39. The quantitative estimate of drug-likeness (QED) is 0.340. The number of Topliss-reactive ketones (excluding diaryl/α,β-unsaturated/α-hetero) is 1. The van der Waals surface area contributed by atoms with Crippen LogP contribution in [0.5, 0.6) is 0 Å². The number of hydrogen-bond acceptors (Lipinski definition) is 4. The van der Waals surface area contributed by atoms with Crippen molar-refractivity contribution in [1.82, 2.24) is 20.3 Å². The van der Waals surface area contributed by atoms with Crippen LogP contribution in [-0.4, -0.2) is 33.8 Å². The lowest BCUT2D eigenvalue weighted by Crippen LogP contribution is -2.13. The van der Waals surface area contributed by atoms with Gasteiger partial charge in [0.15, 0.2) is 5.78 Å². The van der Waals surface area contributed by atoms with Crippen molar-refractivity contribution in [3.05, 3.63) is 78.2 Å². The van der Waals surface area contributed by atoms with E-state index in [1.165, 1.54) is 29.4 Å². The second kappa shape index (κ2) is 10.1. The Kier molecular flexibility index (Phi) is 6.71. The number of ketones is 1. The van der Waals surface area contributed by atoms with Crippen LogP contribution in [0.3, 0.4) is 0 Å². The fourth-order valence-electron chi connectivity index (χ4n) is 7.21. The summed E-state index contributed by atoms with van der Waals surface area (Å²) in [6.07, 6.45) is 9.78. The molecular formula is C34H40N4O3. The number of esters is 1. The molecule has 3 aliphatic rings. The molecule has 0 spiro atoms. The van der Waals surface area contributed by atoms with Gasteiger partial charge in [-0.15, -0.1) is 0 Å².